The summed E-state index contributed by atoms with van der Waals surface area (Å²) < 4.78 is 41.7. The van der Waals surface area contributed by atoms with Gasteiger partial charge in [-0.2, -0.15) is 0 Å². The zero-order valence-electron chi connectivity index (χ0n) is 14.1. The summed E-state index contributed by atoms with van der Waals surface area (Å²) in [5.41, 5.74) is 1.96. The van der Waals surface area contributed by atoms with Crippen molar-refractivity contribution in [3.05, 3.63) is 81.8 Å². The normalized spacial score (nSPS) is 11.2. The van der Waals surface area contributed by atoms with Gasteiger partial charge in [0.05, 0.1) is 0 Å². The van der Waals surface area contributed by atoms with Crippen molar-refractivity contribution in [3.8, 4) is 16.9 Å². The third kappa shape index (κ3) is 5.27. The first-order valence-electron chi connectivity index (χ1n) is 7.94. The van der Waals surface area contributed by atoms with Crippen LogP contribution < -0.4 is 10.1 Å². The molecule has 0 bridgehead atoms. The van der Waals surface area contributed by atoms with E-state index in [0.717, 1.165) is 4.47 Å². The van der Waals surface area contributed by atoms with Crippen molar-refractivity contribution >= 4 is 39.1 Å². The Labute approximate surface area is 172 Å². The Morgan fingerprint density at radius 1 is 0.964 bits per heavy atom. The molecule has 144 valence electrons. The van der Waals surface area contributed by atoms with Crippen molar-refractivity contribution in [1.29, 1.82) is 0 Å². The number of hydrogen-bond acceptors (Lipinski definition) is 2. The molecule has 0 aromatic heterocycles. The van der Waals surface area contributed by atoms with Crippen molar-refractivity contribution in [3.63, 3.8) is 0 Å². The Hall–Kier alpha value is -2.51. The summed E-state index contributed by atoms with van der Waals surface area (Å²) in [5.74, 6) is -0.735. The van der Waals surface area contributed by atoms with Gasteiger partial charge in [0.1, 0.15) is 5.75 Å². The lowest BCUT2D eigenvalue weighted by atomic mass is 9.99. The number of halogens is 5. The van der Waals surface area contributed by atoms with Gasteiger partial charge in [0, 0.05) is 20.7 Å². The molecule has 3 rings (SSSR count). The molecule has 3 nitrogen and oxygen atoms in total. The second-order valence-corrected chi connectivity index (χ2v) is 7.08. The van der Waals surface area contributed by atoms with Gasteiger partial charge in [-0.1, -0.05) is 45.7 Å². The molecule has 0 radical (unpaired) electrons. The quantitative estimate of drug-likeness (QED) is 0.449. The fourth-order valence-electron chi connectivity index (χ4n) is 2.52. The number of hydrogen-bond donors (Lipinski definition) is 1. The molecule has 1 N–H and O–H groups in total. The topological polar surface area (TPSA) is 38.3 Å². The van der Waals surface area contributed by atoms with Crippen LogP contribution in [0.1, 0.15) is 10.4 Å². The van der Waals surface area contributed by atoms with Crippen molar-refractivity contribution in [2.45, 2.75) is 6.36 Å². The summed E-state index contributed by atoms with van der Waals surface area (Å²) in [4.78, 5) is 12.7. The monoisotopic (exact) mass is 469 g/mol. The predicted molar refractivity (Wildman–Crippen MR) is 106 cm³/mol. The van der Waals surface area contributed by atoms with E-state index in [9.17, 15) is 18.0 Å². The molecule has 1 amide bonds. The van der Waals surface area contributed by atoms with Gasteiger partial charge in [0.25, 0.3) is 5.91 Å². The van der Waals surface area contributed by atoms with Crippen LogP contribution in [0.4, 0.5) is 18.9 Å². The molecule has 0 aliphatic heterocycles. The molecule has 0 fully saturated rings. The van der Waals surface area contributed by atoms with Crippen LogP contribution in [0.3, 0.4) is 0 Å². The van der Waals surface area contributed by atoms with E-state index in [0.29, 0.717) is 27.4 Å². The molecule has 0 atom stereocenters. The minimum atomic E-state index is -4.77. The van der Waals surface area contributed by atoms with Gasteiger partial charge in [-0.05, 0) is 59.7 Å². The van der Waals surface area contributed by atoms with E-state index >= 15 is 0 Å². The number of amides is 1. The van der Waals surface area contributed by atoms with Crippen LogP contribution in [0, 0.1) is 0 Å². The van der Waals surface area contributed by atoms with Gasteiger partial charge in [-0.3, -0.25) is 4.79 Å². The minimum Gasteiger partial charge on any atom is -0.406 e. The lowest BCUT2D eigenvalue weighted by molar-refractivity contribution is -0.274. The predicted octanol–water partition coefficient (Wildman–Crippen LogP) is 6.92. The summed E-state index contributed by atoms with van der Waals surface area (Å²) in [7, 11) is 0. The van der Waals surface area contributed by atoms with E-state index in [4.69, 9.17) is 11.6 Å². The van der Waals surface area contributed by atoms with Gasteiger partial charge in [0.2, 0.25) is 0 Å². The van der Waals surface area contributed by atoms with Gasteiger partial charge in [-0.15, -0.1) is 13.2 Å². The standard InChI is InChI=1S/C20H12BrClF3NO2/c21-13-3-6-15(7-4-13)26-19(27)18-11-14(22)5-10-17(18)12-1-8-16(9-2-12)28-20(23,24)25/h1-11H,(H,26,27). The first-order valence-corrected chi connectivity index (χ1v) is 9.11. The maximum Gasteiger partial charge on any atom is 0.573 e. The maximum absolute atomic E-state index is 12.7. The minimum absolute atomic E-state index is 0.292. The summed E-state index contributed by atoms with van der Waals surface area (Å²) >= 11 is 9.36. The molecule has 0 saturated heterocycles. The summed E-state index contributed by atoms with van der Waals surface area (Å²) in [5, 5.41) is 3.14. The van der Waals surface area contributed by atoms with E-state index in [-0.39, 0.29) is 5.75 Å². The molecule has 0 spiro atoms. The molecule has 0 aliphatic rings. The molecule has 0 heterocycles. The van der Waals surface area contributed by atoms with Gasteiger partial charge < -0.3 is 10.1 Å². The van der Waals surface area contributed by atoms with E-state index in [1.165, 1.54) is 30.3 Å². The third-order valence-corrected chi connectivity index (χ3v) is 4.49. The fraction of sp³-hybridized carbons (Fsp3) is 0.0500. The molecule has 3 aromatic rings. The van der Waals surface area contributed by atoms with Crippen molar-refractivity contribution in [2.24, 2.45) is 0 Å². The average Bonchev–Trinajstić information content (AvgIpc) is 2.63. The highest BCUT2D eigenvalue weighted by Crippen LogP contribution is 2.30. The van der Waals surface area contributed by atoms with E-state index in [2.05, 4.69) is 26.0 Å². The van der Waals surface area contributed by atoms with Crippen LogP contribution in [0.2, 0.25) is 5.02 Å². The molecule has 0 saturated carbocycles. The molecule has 0 aliphatic carbocycles. The number of alkyl halides is 3. The summed E-state index contributed by atoms with van der Waals surface area (Å²) in [6.07, 6.45) is -4.77. The number of nitrogens with one attached hydrogen (secondary N) is 1. The van der Waals surface area contributed by atoms with Crippen LogP contribution in [0.25, 0.3) is 11.1 Å². The summed E-state index contributed by atoms with van der Waals surface area (Å²) in [6.45, 7) is 0. The largest absolute Gasteiger partial charge is 0.573 e. The van der Waals surface area contributed by atoms with Crippen LogP contribution in [0.15, 0.2) is 71.2 Å². The molecule has 0 unspecified atom stereocenters. The Kier molecular flexibility index (Phi) is 5.96. The second-order valence-electron chi connectivity index (χ2n) is 5.72. The highest BCUT2D eigenvalue weighted by atomic mass is 79.9. The Balaban J connectivity index is 1.90. The lowest BCUT2D eigenvalue weighted by Crippen LogP contribution is -2.17. The molecule has 8 heteroatoms. The number of ether oxygens (including phenoxy) is 1. The Morgan fingerprint density at radius 2 is 1.61 bits per heavy atom. The van der Waals surface area contributed by atoms with Gasteiger partial charge in [0.15, 0.2) is 0 Å². The highest BCUT2D eigenvalue weighted by molar-refractivity contribution is 9.10. The van der Waals surface area contributed by atoms with Crippen LogP contribution in [-0.4, -0.2) is 12.3 Å². The van der Waals surface area contributed by atoms with Gasteiger partial charge >= 0.3 is 6.36 Å². The average molecular weight is 471 g/mol. The van der Waals surface area contributed by atoms with E-state index in [1.54, 1.807) is 36.4 Å². The Bertz CT molecular complexity index is 990. The van der Waals surface area contributed by atoms with Crippen molar-refractivity contribution in [2.75, 3.05) is 5.32 Å². The first-order chi connectivity index (χ1) is 13.2. The SMILES string of the molecule is O=C(Nc1ccc(Br)cc1)c1cc(Cl)ccc1-c1ccc(OC(F)(F)F)cc1. The van der Waals surface area contributed by atoms with Crippen LogP contribution in [0.5, 0.6) is 5.75 Å². The summed E-state index contributed by atoms with van der Waals surface area (Å²) in [6, 6.07) is 17.0. The highest BCUT2D eigenvalue weighted by Gasteiger charge is 2.31. The van der Waals surface area contributed by atoms with Crippen LogP contribution in [-0.2, 0) is 0 Å². The smallest absolute Gasteiger partial charge is 0.406 e. The molecule has 3 aromatic carbocycles. The second kappa shape index (κ2) is 8.24. The fourth-order valence-corrected chi connectivity index (χ4v) is 2.96. The zero-order chi connectivity index (χ0) is 20.3. The van der Waals surface area contributed by atoms with Crippen molar-refractivity contribution < 1.29 is 22.7 Å². The zero-order valence-corrected chi connectivity index (χ0v) is 16.4. The van der Waals surface area contributed by atoms with Crippen molar-refractivity contribution in [1.82, 2.24) is 0 Å². The van der Waals surface area contributed by atoms with Crippen LogP contribution >= 0.6 is 27.5 Å². The number of rotatable bonds is 4. The van der Waals surface area contributed by atoms with E-state index in [1.807, 2.05) is 0 Å². The van der Waals surface area contributed by atoms with Gasteiger partial charge in [-0.25, -0.2) is 0 Å². The van der Waals surface area contributed by atoms with E-state index < -0.39 is 12.3 Å². The maximum atomic E-state index is 12.7. The number of carbonyl (C=O) groups excluding carboxylic acids is 1. The number of carbonyl (C=O) groups is 1. The Morgan fingerprint density at radius 3 is 2.21 bits per heavy atom. The lowest BCUT2D eigenvalue weighted by Gasteiger charge is -2.13. The molecule has 28 heavy (non-hydrogen) atoms. The third-order valence-electron chi connectivity index (χ3n) is 3.73. The number of anilines is 1. The molecular weight excluding hydrogens is 459 g/mol. The first kappa shape index (κ1) is 20.2. The number of benzene rings is 3. The molecular formula is C20H12BrClF3NO2.